The molecule has 0 radical (unpaired) electrons. The molecule has 16 heavy (non-hydrogen) atoms. The minimum Gasteiger partial charge on any atom is -0.480 e. The molecule has 0 fully saturated rings. The van der Waals surface area contributed by atoms with Crippen LogP contribution in [-0.2, 0) is 4.79 Å². The fourth-order valence-corrected chi connectivity index (χ4v) is 1.44. The Hall–Kier alpha value is -1.79. The molecule has 1 aliphatic heterocycles. The molecular weight excluding hydrogens is 217 g/mol. The lowest BCUT2D eigenvalue weighted by atomic mass is 10.2. The second-order valence-electron chi connectivity index (χ2n) is 3.42. The maximum atomic E-state index is 10.6. The molecule has 0 spiro atoms. The van der Waals surface area contributed by atoms with Crippen molar-refractivity contribution in [3.05, 3.63) is 23.8 Å². The van der Waals surface area contributed by atoms with Crippen molar-refractivity contribution in [1.82, 2.24) is 0 Å². The predicted molar refractivity (Wildman–Crippen MR) is 53.1 cm³/mol. The van der Waals surface area contributed by atoms with Gasteiger partial charge in [0.25, 0.3) is 0 Å². The van der Waals surface area contributed by atoms with Gasteiger partial charge in [-0.25, -0.2) is 0 Å². The van der Waals surface area contributed by atoms with Crippen molar-refractivity contribution in [3.8, 4) is 11.5 Å². The Morgan fingerprint density at radius 3 is 2.75 bits per heavy atom. The van der Waals surface area contributed by atoms with E-state index in [1.165, 1.54) is 6.07 Å². The number of hydrogen-bond acceptors (Lipinski definition) is 5. The summed E-state index contributed by atoms with van der Waals surface area (Å²) in [6.45, 7) is 0.125. The van der Waals surface area contributed by atoms with Crippen molar-refractivity contribution in [3.63, 3.8) is 0 Å². The number of carboxylic acids is 1. The van der Waals surface area contributed by atoms with Crippen LogP contribution in [0.3, 0.4) is 0 Å². The van der Waals surface area contributed by atoms with Gasteiger partial charge >= 0.3 is 5.97 Å². The summed E-state index contributed by atoms with van der Waals surface area (Å²) in [7, 11) is 0. The van der Waals surface area contributed by atoms with Crippen LogP contribution in [0.5, 0.6) is 11.5 Å². The summed E-state index contributed by atoms with van der Waals surface area (Å²) in [5, 5.41) is 18.4. The lowest BCUT2D eigenvalue weighted by molar-refractivity contribution is -0.141. The minimum absolute atomic E-state index is 0.125. The second kappa shape index (κ2) is 3.99. The number of carboxylic acid groups (broad SMARTS) is 1. The number of rotatable bonds is 3. The third-order valence-electron chi connectivity index (χ3n) is 2.36. The number of carbonyl (C=O) groups is 1. The highest BCUT2D eigenvalue weighted by atomic mass is 16.7. The zero-order valence-electron chi connectivity index (χ0n) is 8.29. The van der Waals surface area contributed by atoms with Crippen LogP contribution in [0.2, 0.25) is 0 Å². The quantitative estimate of drug-likeness (QED) is 0.491. The van der Waals surface area contributed by atoms with E-state index in [1.54, 1.807) is 12.1 Å². The van der Waals surface area contributed by atoms with Crippen LogP contribution in [0.1, 0.15) is 11.7 Å². The second-order valence-corrected chi connectivity index (χ2v) is 3.42. The van der Waals surface area contributed by atoms with Crippen molar-refractivity contribution >= 4 is 5.97 Å². The lowest BCUT2D eigenvalue weighted by Gasteiger charge is -2.15. The van der Waals surface area contributed by atoms with Crippen molar-refractivity contribution in [2.75, 3.05) is 6.79 Å². The van der Waals surface area contributed by atoms with E-state index in [0.717, 1.165) is 0 Å². The first-order valence-electron chi connectivity index (χ1n) is 4.65. The number of aliphatic hydroxyl groups excluding tert-OH is 1. The number of fused-ring (bicyclic) bond motifs is 1. The molecule has 0 aromatic heterocycles. The van der Waals surface area contributed by atoms with Crippen molar-refractivity contribution in [2.45, 2.75) is 12.1 Å². The van der Waals surface area contributed by atoms with E-state index in [0.29, 0.717) is 17.1 Å². The van der Waals surface area contributed by atoms with Crippen molar-refractivity contribution in [2.24, 2.45) is 5.73 Å². The van der Waals surface area contributed by atoms with Crippen LogP contribution < -0.4 is 15.2 Å². The summed E-state index contributed by atoms with van der Waals surface area (Å²) < 4.78 is 10.2. The van der Waals surface area contributed by atoms with Gasteiger partial charge in [-0.1, -0.05) is 6.07 Å². The van der Waals surface area contributed by atoms with Crippen LogP contribution in [0.4, 0.5) is 0 Å². The minimum atomic E-state index is -1.36. The average molecular weight is 228 g/mol. The fraction of sp³-hybridized carbons (Fsp3) is 0.300. The van der Waals surface area contributed by atoms with E-state index >= 15 is 0 Å². The van der Waals surface area contributed by atoms with Gasteiger partial charge in [-0.15, -0.1) is 0 Å². The molecule has 0 saturated carbocycles. The molecule has 0 unspecified atom stereocenters. The number of nitrogens with two attached hydrogens (primary N) is 1. The summed E-state index contributed by atoms with van der Waals surface area (Å²) in [6, 6.07) is 3.33. The van der Waals surface area contributed by atoms with E-state index in [-0.39, 0.29) is 6.79 Å². The molecule has 1 aromatic carbocycles. The molecule has 0 bridgehead atoms. The molecule has 2 rings (SSSR count). The molecule has 4 N–H and O–H groups in total. The van der Waals surface area contributed by atoms with Gasteiger partial charge in [-0.2, -0.15) is 0 Å². The van der Waals surface area contributed by atoms with Crippen LogP contribution in [0.25, 0.3) is 0 Å². The first kappa shape index (κ1) is 10.7. The van der Waals surface area contributed by atoms with Gasteiger partial charge in [0.15, 0.2) is 11.5 Å². The van der Waals surface area contributed by atoms with E-state index < -0.39 is 18.1 Å². The lowest BCUT2D eigenvalue weighted by Crippen LogP contribution is -2.36. The Labute approximate surface area is 91.2 Å². The Kier molecular flexibility index (Phi) is 2.67. The highest BCUT2D eigenvalue weighted by molar-refractivity contribution is 5.74. The van der Waals surface area contributed by atoms with Gasteiger partial charge in [-0.05, 0) is 17.7 Å². The third kappa shape index (κ3) is 1.80. The standard InChI is InChI=1S/C10H11NO5/c11-8(10(13)14)9(12)5-1-2-6-7(3-5)16-4-15-6/h1-3,8-9,12H,4,11H2,(H,13,14)/t8-,9+/m0/s1/i8+1,9+1,11+1. The highest BCUT2D eigenvalue weighted by Crippen LogP contribution is 2.34. The van der Waals surface area contributed by atoms with Gasteiger partial charge < -0.3 is 25.4 Å². The number of ether oxygens (including phenoxy) is 2. The third-order valence-corrected chi connectivity index (χ3v) is 2.36. The molecule has 6 nitrogen and oxygen atoms in total. The van der Waals surface area contributed by atoms with Crippen molar-refractivity contribution < 1.29 is 24.5 Å². The molecule has 2 atom stereocenters. The molecule has 0 amide bonds. The first-order valence-corrected chi connectivity index (χ1v) is 4.65. The van der Waals surface area contributed by atoms with Gasteiger partial charge in [-0.3, -0.25) is 4.79 Å². The van der Waals surface area contributed by atoms with Gasteiger partial charge in [0.1, 0.15) is 12.1 Å². The molecule has 1 aromatic rings. The zero-order valence-corrected chi connectivity index (χ0v) is 8.29. The topological polar surface area (TPSA) is 102 Å². The van der Waals surface area contributed by atoms with Gasteiger partial charge in [0, 0.05) is 0 Å². The Morgan fingerprint density at radius 2 is 2.06 bits per heavy atom. The monoisotopic (exact) mass is 228 g/mol. The Bertz CT molecular complexity index is 420. The van der Waals surface area contributed by atoms with E-state index in [4.69, 9.17) is 20.3 Å². The number of benzene rings is 1. The number of hydrogen-bond donors (Lipinski definition) is 3. The maximum Gasteiger partial charge on any atom is 0.323 e. The zero-order chi connectivity index (χ0) is 11.7. The molecule has 1 heterocycles. The number of aliphatic hydroxyl groups is 1. The summed E-state index contributed by atoms with van der Waals surface area (Å²) in [6.07, 6.45) is -1.27. The fourth-order valence-electron chi connectivity index (χ4n) is 1.44. The summed E-state index contributed by atoms with van der Waals surface area (Å²) >= 11 is 0. The summed E-state index contributed by atoms with van der Waals surface area (Å²) in [5.74, 6) is -0.209. The van der Waals surface area contributed by atoms with E-state index in [1.807, 2.05) is 0 Å². The molecule has 0 aliphatic carbocycles. The Balaban J connectivity index is 2.24. The first-order chi connectivity index (χ1) is 7.59. The van der Waals surface area contributed by atoms with Crippen molar-refractivity contribution in [1.29, 1.82) is 0 Å². The van der Waals surface area contributed by atoms with Crippen LogP contribution >= 0.6 is 0 Å². The normalized spacial score (nSPS) is 16.9. The van der Waals surface area contributed by atoms with E-state index in [9.17, 15) is 9.90 Å². The largest absolute Gasteiger partial charge is 0.480 e. The summed E-state index contributed by atoms with van der Waals surface area (Å²) in [4.78, 5) is 10.6. The predicted octanol–water partition coefficient (Wildman–Crippen LogP) is -0.139. The maximum absolute atomic E-state index is 10.6. The smallest absolute Gasteiger partial charge is 0.323 e. The van der Waals surface area contributed by atoms with Crippen LogP contribution in [0.15, 0.2) is 18.2 Å². The molecule has 86 valence electrons. The SMILES string of the molecule is [15NH2][13C@H](C(=O)O)[13C@H](O)c1ccc2c(c1)OCO2. The van der Waals surface area contributed by atoms with Crippen LogP contribution in [0, 0.1) is 0 Å². The Morgan fingerprint density at radius 1 is 1.38 bits per heavy atom. The van der Waals surface area contributed by atoms with Gasteiger partial charge in [0.2, 0.25) is 6.79 Å². The molecular formula is C10H11NO5. The van der Waals surface area contributed by atoms with Crippen LogP contribution in [-0.4, -0.2) is 29.0 Å². The average Bonchev–Trinajstić information content (AvgIpc) is 2.73. The van der Waals surface area contributed by atoms with Gasteiger partial charge in [0.05, 0.1) is 0 Å². The van der Waals surface area contributed by atoms with E-state index in [2.05, 4.69) is 0 Å². The molecule has 0 saturated heterocycles. The molecule has 6 heteroatoms. The highest BCUT2D eigenvalue weighted by Gasteiger charge is 2.25. The molecule has 1 aliphatic rings. The number of aliphatic carboxylic acids is 1. The summed E-state index contributed by atoms with van der Waals surface area (Å²) in [5.41, 5.74) is 5.70.